The van der Waals surface area contributed by atoms with Crippen LogP contribution in [0.4, 0.5) is 0 Å². The van der Waals surface area contributed by atoms with Crippen LogP contribution in [0.25, 0.3) is 0 Å². The van der Waals surface area contributed by atoms with Gasteiger partial charge in [0.2, 0.25) is 0 Å². The molecule has 254 valence electrons. The number of hydrogen-bond donors (Lipinski definition) is 1. The van der Waals surface area contributed by atoms with Crippen molar-refractivity contribution in [3.8, 4) is 23.0 Å². The Labute approximate surface area is 288 Å². The first-order valence-corrected chi connectivity index (χ1v) is 16.8. The molecule has 0 spiro atoms. The Balaban J connectivity index is 2.02. The van der Waals surface area contributed by atoms with Crippen molar-refractivity contribution in [1.29, 1.82) is 0 Å². The average Bonchev–Trinajstić information content (AvgIpc) is 3.45. The van der Waals surface area contributed by atoms with E-state index in [1.807, 2.05) is 52.0 Å². The first-order chi connectivity index (χ1) is 21.6. The van der Waals surface area contributed by atoms with Crippen LogP contribution >= 0.6 is 22.6 Å². The first kappa shape index (κ1) is 37.5. The van der Waals surface area contributed by atoms with Crippen molar-refractivity contribution >= 4 is 34.2 Å². The van der Waals surface area contributed by atoms with Crippen molar-refractivity contribution in [3.05, 3.63) is 58.7 Å². The van der Waals surface area contributed by atoms with E-state index in [0.29, 0.717) is 48.3 Å². The summed E-state index contributed by atoms with van der Waals surface area (Å²) >= 11 is 2.35. The lowest BCUT2D eigenvalue weighted by Crippen LogP contribution is -2.43. The molecule has 0 radical (unpaired) electrons. The predicted octanol–water partition coefficient (Wildman–Crippen LogP) is 7.33. The second kappa shape index (κ2) is 16.2. The predicted molar refractivity (Wildman–Crippen MR) is 191 cm³/mol. The van der Waals surface area contributed by atoms with E-state index in [0.717, 1.165) is 40.7 Å². The number of nitrogens with zero attached hydrogens (tertiary/aromatic N) is 1. The molecule has 1 aliphatic heterocycles. The van der Waals surface area contributed by atoms with Gasteiger partial charge in [0.25, 0.3) is 5.91 Å². The van der Waals surface area contributed by atoms with Crippen LogP contribution in [0.15, 0.2) is 41.6 Å². The Morgan fingerprint density at radius 2 is 1.83 bits per heavy atom. The normalized spacial score (nSPS) is 15.5. The lowest BCUT2D eigenvalue weighted by molar-refractivity contribution is -0.124. The number of ether oxygens (including phenoxy) is 5. The summed E-state index contributed by atoms with van der Waals surface area (Å²) in [6.45, 7) is 19.1. The fraction of sp³-hybridized carbons (Fsp3) is 0.556. The second-order valence-corrected chi connectivity index (χ2v) is 15.9. The Kier molecular flexibility index (Phi) is 13.2. The number of fused-ring (bicyclic) bond motifs is 1. The fourth-order valence-corrected chi connectivity index (χ4v) is 5.51. The van der Waals surface area contributed by atoms with Gasteiger partial charge in [-0.25, -0.2) is 0 Å². The Morgan fingerprint density at radius 1 is 1.15 bits per heavy atom. The number of aryl methyl sites for hydroxylation is 1. The maximum Gasteiger partial charge on any atom is 0.258 e. The number of methoxy groups -OCH3 is 2. The molecule has 0 bridgehead atoms. The molecule has 1 aliphatic rings. The summed E-state index contributed by atoms with van der Waals surface area (Å²) in [6, 6.07) is 7.85. The summed E-state index contributed by atoms with van der Waals surface area (Å²) in [5, 5.41) is 7.57. The molecule has 3 rings (SSSR count). The molecular formula is C36H51IN2O7. The molecule has 46 heavy (non-hydrogen) atoms. The Morgan fingerprint density at radius 3 is 2.41 bits per heavy atom. The number of hydrogen-bond acceptors (Lipinski definition) is 8. The van der Waals surface area contributed by atoms with Crippen LogP contribution in [0.1, 0.15) is 82.6 Å². The highest BCUT2D eigenvalue weighted by atomic mass is 127. The summed E-state index contributed by atoms with van der Waals surface area (Å²) in [4.78, 5) is 18.6. The monoisotopic (exact) mass is 750 g/mol. The van der Waals surface area contributed by atoms with E-state index in [1.165, 1.54) is 7.11 Å². The van der Waals surface area contributed by atoms with Gasteiger partial charge in [0.1, 0.15) is 24.7 Å². The summed E-state index contributed by atoms with van der Waals surface area (Å²) in [7, 11) is 4.79. The van der Waals surface area contributed by atoms with E-state index in [2.05, 4.69) is 60.4 Å². The first-order valence-electron chi connectivity index (χ1n) is 15.7. The van der Waals surface area contributed by atoms with E-state index in [1.54, 1.807) is 14.2 Å². The van der Waals surface area contributed by atoms with Crippen LogP contribution in [0.2, 0.25) is 0 Å². The lowest BCUT2D eigenvalue weighted by Gasteiger charge is -2.29. The van der Waals surface area contributed by atoms with E-state index in [4.69, 9.17) is 28.5 Å². The van der Waals surface area contributed by atoms with Gasteiger partial charge in [0, 0.05) is 33.4 Å². The number of rotatable bonds is 17. The minimum absolute atomic E-state index is 0.0114. The van der Waals surface area contributed by atoms with E-state index < -0.39 is 5.60 Å². The lowest BCUT2D eigenvalue weighted by atomic mass is 9.83. The van der Waals surface area contributed by atoms with Gasteiger partial charge in [-0.1, -0.05) is 47.7 Å². The number of carbonyl (C=O) groups excluding carboxylic acids is 1. The number of carbonyl (C=O) groups is 1. The third kappa shape index (κ3) is 9.76. The van der Waals surface area contributed by atoms with Crippen molar-refractivity contribution in [2.45, 2.75) is 88.8 Å². The van der Waals surface area contributed by atoms with Crippen molar-refractivity contribution in [2.75, 3.05) is 41.1 Å². The van der Waals surface area contributed by atoms with Crippen LogP contribution in [-0.4, -0.2) is 67.8 Å². The number of amides is 1. The highest BCUT2D eigenvalue weighted by Crippen LogP contribution is 2.43. The number of nitrogens with one attached hydrogen (secondary N) is 1. The quantitative estimate of drug-likeness (QED) is 0.0595. The van der Waals surface area contributed by atoms with Crippen molar-refractivity contribution in [3.63, 3.8) is 0 Å². The van der Waals surface area contributed by atoms with Gasteiger partial charge in [-0.2, -0.15) is 0 Å². The minimum atomic E-state index is -0.539. The SMILES string of the molecule is C=C(C)[C@H]1Cc2c(ccc(/C(=N/OC)C(CCC)c3cc(OC)c(OC)cc3C)c2OCC(=O)NCC(C)(C)OCC(C)(C)I)O1. The standard InChI is InChI=1S/C36H51IN2O7/c1-12-13-24(26-17-31(42-10)30(41-9)16-23(26)4)33(39-43-11)25-14-15-28-27(18-29(46-28)22(2)3)34(25)44-19-32(40)38-20-36(7,8)45-21-35(5,6)37/h14-17,24,29H,2,12-13,18-21H2,1,3-11H3,(H,38,40)/b39-33+/t24?,29-/m1/s1. The molecule has 2 aromatic rings. The summed E-state index contributed by atoms with van der Waals surface area (Å²) in [6.07, 6.45) is 2.04. The molecule has 1 N–H and O–H groups in total. The van der Waals surface area contributed by atoms with Crippen molar-refractivity contribution in [2.24, 2.45) is 5.16 Å². The molecule has 0 aliphatic carbocycles. The zero-order chi connectivity index (χ0) is 34.2. The van der Waals surface area contributed by atoms with Gasteiger partial charge in [0.15, 0.2) is 18.1 Å². The van der Waals surface area contributed by atoms with E-state index in [9.17, 15) is 4.79 Å². The number of alkyl halides is 1. The third-order valence-electron chi connectivity index (χ3n) is 7.81. The zero-order valence-corrected chi connectivity index (χ0v) is 31.3. The summed E-state index contributed by atoms with van der Waals surface area (Å²) < 4.78 is 29.9. The molecule has 9 nitrogen and oxygen atoms in total. The average molecular weight is 751 g/mol. The molecule has 1 heterocycles. The summed E-state index contributed by atoms with van der Waals surface area (Å²) in [5.74, 6) is 2.12. The third-order valence-corrected chi connectivity index (χ3v) is 8.12. The van der Waals surface area contributed by atoms with Crippen LogP contribution in [0.3, 0.4) is 0 Å². The summed E-state index contributed by atoms with van der Waals surface area (Å²) in [5.41, 5.74) is 4.73. The molecule has 1 amide bonds. The molecule has 0 aromatic heterocycles. The molecule has 0 fully saturated rings. The Hall–Kier alpha value is -2.99. The maximum atomic E-state index is 13.2. The zero-order valence-electron chi connectivity index (χ0n) is 29.1. The smallest absolute Gasteiger partial charge is 0.258 e. The molecule has 0 saturated carbocycles. The van der Waals surface area contributed by atoms with E-state index in [-0.39, 0.29) is 28.0 Å². The molecule has 0 saturated heterocycles. The highest BCUT2D eigenvalue weighted by Gasteiger charge is 2.33. The molecule has 1 unspecified atom stereocenters. The second-order valence-electron chi connectivity index (χ2n) is 13.0. The molecule has 10 heteroatoms. The van der Waals surface area contributed by atoms with Crippen molar-refractivity contribution in [1.82, 2.24) is 5.32 Å². The molecule has 2 aromatic carbocycles. The number of halogens is 1. The van der Waals surface area contributed by atoms with Gasteiger partial charge in [-0.15, -0.1) is 0 Å². The number of benzene rings is 2. The van der Waals surface area contributed by atoms with Crippen molar-refractivity contribution < 1.29 is 33.3 Å². The van der Waals surface area contributed by atoms with E-state index >= 15 is 0 Å². The van der Waals surface area contributed by atoms with Gasteiger partial charge < -0.3 is 33.8 Å². The molecule has 2 atom stereocenters. The number of oxime groups is 1. The van der Waals surface area contributed by atoms with Gasteiger partial charge in [-0.05, 0) is 88.9 Å². The topological polar surface area (TPSA) is 96.8 Å². The largest absolute Gasteiger partial charge is 0.493 e. The highest BCUT2D eigenvalue weighted by molar-refractivity contribution is 14.1. The maximum absolute atomic E-state index is 13.2. The van der Waals surface area contributed by atoms with Gasteiger partial charge in [0.05, 0.1) is 32.1 Å². The minimum Gasteiger partial charge on any atom is -0.493 e. The van der Waals surface area contributed by atoms with Gasteiger partial charge in [-0.3, -0.25) is 4.79 Å². The van der Waals surface area contributed by atoms with Crippen LogP contribution in [-0.2, 0) is 20.8 Å². The van der Waals surface area contributed by atoms with Crippen LogP contribution in [0.5, 0.6) is 23.0 Å². The van der Waals surface area contributed by atoms with Crippen LogP contribution < -0.4 is 24.3 Å². The Bertz CT molecular complexity index is 1410. The van der Waals surface area contributed by atoms with Gasteiger partial charge >= 0.3 is 0 Å². The van der Waals surface area contributed by atoms with Crippen LogP contribution in [0, 0.1) is 6.92 Å². The fourth-order valence-electron chi connectivity index (χ4n) is 5.35. The molecular weight excluding hydrogens is 699 g/mol.